The Kier molecular flexibility index (Phi) is 4.20. The van der Waals surface area contributed by atoms with Crippen molar-refractivity contribution in [2.45, 2.75) is 38.6 Å². The van der Waals surface area contributed by atoms with Crippen molar-refractivity contribution in [2.24, 2.45) is 5.73 Å². The third-order valence-electron chi connectivity index (χ3n) is 4.26. The fourth-order valence-corrected chi connectivity index (χ4v) is 2.95. The van der Waals surface area contributed by atoms with E-state index in [0.717, 1.165) is 24.3 Å². The van der Waals surface area contributed by atoms with E-state index >= 15 is 0 Å². The predicted octanol–water partition coefficient (Wildman–Crippen LogP) is 3.97. The summed E-state index contributed by atoms with van der Waals surface area (Å²) in [7, 11) is 0. The Bertz CT molecular complexity index is 592. The Hall–Kier alpha value is -1.87. The maximum atomic E-state index is 6.05. The first kappa shape index (κ1) is 14.1. The van der Waals surface area contributed by atoms with Gasteiger partial charge >= 0.3 is 0 Å². The predicted molar refractivity (Wildman–Crippen MR) is 87.8 cm³/mol. The lowest BCUT2D eigenvalue weighted by Crippen LogP contribution is -2.18. The summed E-state index contributed by atoms with van der Waals surface area (Å²) in [6.07, 6.45) is 6.51. The van der Waals surface area contributed by atoms with Crippen molar-refractivity contribution in [1.82, 2.24) is 4.98 Å². The number of hydrogen-bond acceptors (Lipinski definition) is 3. The second-order valence-corrected chi connectivity index (χ2v) is 5.69. The number of fused-ring (bicyclic) bond motifs is 1. The number of para-hydroxylation sites is 1. The van der Waals surface area contributed by atoms with Gasteiger partial charge in [-0.25, -0.2) is 0 Å². The largest absolute Gasteiger partial charge is 0.340 e. The Morgan fingerprint density at radius 1 is 1.19 bits per heavy atom. The van der Waals surface area contributed by atoms with Gasteiger partial charge in [0.25, 0.3) is 0 Å². The van der Waals surface area contributed by atoms with Crippen LogP contribution in [0.4, 0.5) is 11.4 Å². The van der Waals surface area contributed by atoms with Crippen LogP contribution in [0.5, 0.6) is 0 Å². The number of rotatable bonds is 3. The summed E-state index contributed by atoms with van der Waals surface area (Å²) in [5, 5.41) is 0. The number of nitrogens with two attached hydrogens (primary N) is 1. The summed E-state index contributed by atoms with van der Waals surface area (Å²) in [5.74, 6) is 0. The Balaban J connectivity index is 1.93. The number of pyridine rings is 1. The van der Waals surface area contributed by atoms with Gasteiger partial charge in [-0.05, 0) is 49.4 Å². The first-order valence-corrected chi connectivity index (χ1v) is 7.86. The highest BCUT2D eigenvalue weighted by Gasteiger charge is 2.16. The van der Waals surface area contributed by atoms with Crippen LogP contribution in [0.3, 0.4) is 0 Å². The van der Waals surface area contributed by atoms with E-state index in [1.54, 1.807) is 0 Å². The summed E-state index contributed by atoms with van der Waals surface area (Å²) in [6.45, 7) is 3.14. The van der Waals surface area contributed by atoms with Gasteiger partial charge in [-0.1, -0.05) is 25.1 Å². The smallest absolute Gasteiger partial charge is 0.0597 e. The van der Waals surface area contributed by atoms with E-state index in [1.165, 1.54) is 30.5 Å². The van der Waals surface area contributed by atoms with E-state index in [9.17, 15) is 0 Å². The Morgan fingerprint density at radius 2 is 2.05 bits per heavy atom. The molecule has 0 bridgehead atoms. The van der Waals surface area contributed by atoms with E-state index in [2.05, 4.69) is 53.2 Å². The monoisotopic (exact) mass is 281 g/mol. The van der Waals surface area contributed by atoms with Crippen molar-refractivity contribution in [3.05, 3.63) is 53.9 Å². The average molecular weight is 281 g/mol. The maximum absolute atomic E-state index is 6.05. The molecule has 0 amide bonds. The summed E-state index contributed by atoms with van der Waals surface area (Å²) < 4.78 is 0. The molecule has 2 heterocycles. The second-order valence-electron chi connectivity index (χ2n) is 5.69. The van der Waals surface area contributed by atoms with Gasteiger partial charge in [-0.3, -0.25) is 4.98 Å². The summed E-state index contributed by atoms with van der Waals surface area (Å²) in [5.41, 5.74) is 10.9. The molecule has 1 aliphatic heterocycles. The van der Waals surface area contributed by atoms with Gasteiger partial charge < -0.3 is 10.6 Å². The average Bonchev–Trinajstić information content (AvgIpc) is 2.77. The number of aryl methyl sites for hydroxylation is 1. The molecule has 0 saturated heterocycles. The minimum Gasteiger partial charge on any atom is -0.340 e. The van der Waals surface area contributed by atoms with E-state index in [1.807, 2.05) is 6.20 Å². The third-order valence-corrected chi connectivity index (χ3v) is 4.26. The van der Waals surface area contributed by atoms with Gasteiger partial charge in [-0.2, -0.15) is 0 Å². The Labute approximate surface area is 126 Å². The van der Waals surface area contributed by atoms with Crippen LogP contribution in [0.25, 0.3) is 0 Å². The lowest BCUT2D eigenvalue weighted by molar-refractivity contribution is 0.675. The van der Waals surface area contributed by atoms with E-state index in [-0.39, 0.29) is 6.04 Å². The number of nitrogens with zero attached hydrogens (tertiary/aromatic N) is 2. The van der Waals surface area contributed by atoms with Gasteiger partial charge in [0.2, 0.25) is 0 Å². The van der Waals surface area contributed by atoms with Crippen molar-refractivity contribution in [2.75, 3.05) is 11.4 Å². The fraction of sp³-hybridized carbons (Fsp3) is 0.389. The van der Waals surface area contributed by atoms with Crippen LogP contribution in [0.2, 0.25) is 0 Å². The van der Waals surface area contributed by atoms with Crippen molar-refractivity contribution in [3.63, 3.8) is 0 Å². The molecule has 0 unspecified atom stereocenters. The standard InChI is InChI=1S/C18H23N3/c1-2-16(19)17-11-10-15(13-20-17)21-12-6-5-8-14-7-3-4-9-18(14)21/h3-4,7,9-11,13,16H,2,5-6,8,12,19H2,1H3/t16-/m0/s1. The molecule has 0 fully saturated rings. The molecule has 0 aliphatic carbocycles. The zero-order valence-corrected chi connectivity index (χ0v) is 12.6. The van der Waals surface area contributed by atoms with Crippen molar-refractivity contribution >= 4 is 11.4 Å². The molecule has 21 heavy (non-hydrogen) atoms. The minimum atomic E-state index is 0.0375. The summed E-state index contributed by atoms with van der Waals surface area (Å²) >= 11 is 0. The third kappa shape index (κ3) is 2.93. The van der Waals surface area contributed by atoms with Gasteiger partial charge in [0.05, 0.1) is 17.6 Å². The molecule has 0 radical (unpaired) electrons. The molecule has 1 aromatic carbocycles. The van der Waals surface area contributed by atoms with Crippen LogP contribution < -0.4 is 10.6 Å². The molecule has 0 spiro atoms. The summed E-state index contributed by atoms with van der Waals surface area (Å²) in [4.78, 5) is 6.95. The molecule has 3 nitrogen and oxygen atoms in total. The first-order valence-electron chi connectivity index (χ1n) is 7.86. The van der Waals surface area contributed by atoms with Crippen molar-refractivity contribution < 1.29 is 0 Å². The van der Waals surface area contributed by atoms with E-state index in [4.69, 9.17) is 5.73 Å². The normalized spacial score (nSPS) is 16.2. The molecule has 2 N–H and O–H groups in total. The molecule has 2 aromatic rings. The second kappa shape index (κ2) is 6.27. The highest BCUT2D eigenvalue weighted by molar-refractivity contribution is 5.66. The molecule has 3 heteroatoms. The molecule has 110 valence electrons. The fourth-order valence-electron chi connectivity index (χ4n) is 2.95. The quantitative estimate of drug-likeness (QED) is 0.925. The summed E-state index contributed by atoms with van der Waals surface area (Å²) in [6, 6.07) is 13.0. The molecular weight excluding hydrogens is 258 g/mol. The van der Waals surface area contributed by atoms with Gasteiger partial charge in [-0.15, -0.1) is 0 Å². The number of hydrogen-bond donors (Lipinski definition) is 1. The first-order chi connectivity index (χ1) is 10.3. The van der Waals surface area contributed by atoms with Crippen molar-refractivity contribution in [1.29, 1.82) is 0 Å². The van der Waals surface area contributed by atoms with E-state index < -0.39 is 0 Å². The molecule has 3 rings (SSSR count). The lowest BCUT2D eigenvalue weighted by atomic mass is 10.1. The lowest BCUT2D eigenvalue weighted by Gasteiger charge is -2.25. The highest BCUT2D eigenvalue weighted by atomic mass is 15.1. The highest BCUT2D eigenvalue weighted by Crippen LogP contribution is 2.32. The SMILES string of the molecule is CC[C@H](N)c1ccc(N2CCCCc3ccccc32)cn1. The van der Waals surface area contributed by atoms with Crippen LogP contribution in [-0.2, 0) is 6.42 Å². The van der Waals surface area contributed by atoms with Crippen LogP contribution in [0.15, 0.2) is 42.6 Å². The van der Waals surface area contributed by atoms with Crippen LogP contribution in [0, 0.1) is 0 Å². The number of aromatic nitrogens is 1. The topological polar surface area (TPSA) is 42.1 Å². The zero-order valence-electron chi connectivity index (χ0n) is 12.6. The molecular formula is C18H23N3. The number of benzene rings is 1. The van der Waals surface area contributed by atoms with Gasteiger partial charge in [0, 0.05) is 18.3 Å². The molecule has 1 aromatic heterocycles. The zero-order chi connectivity index (χ0) is 14.7. The molecule has 0 saturated carbocycles. The number of anilines is 2. The van der Waals surface area contributed by atoms with Crippen LogP contribution in [0.1, 0.15) is 43.5 Å². The van der Waals surface area contributed by atoms with Crippen molar-refractivity contribution in [3.8, 4) is 0 Å². The Morgan fingerprint density at radius 3 is 2.81 bits per heavy atom. The van der Waals surface area contributed by atoms with Crippen LogP contribution in [-0.4, -0.2) is 11.5 Å². The molecule has 1 aliphatic rings. The maximum Gasteiger partial charge on any atom is 0.0597 e. The van der Waals surface area contributed by atoms with Gasteiger partial charge in [0.1, 0.15) is 0 Å². The van der Waals surface area contributed by atoms with Gasteiger partial charge in [0.15, 0.2) is 0 Å². The van der Waals surface area contributed by atoms with Crippen LogP contribution >= 0.6 is 0 Å². The molecule has 1 atom stereocenters. The van der Waals surface area contributed by atoms with E-state index in [0.29, 0.717) is 0 Å². The minimum absolute atomic E-state index is 0.0375.